The minimum absolute atomic E-state index is 0. The van der Waals surface area contributed by atoms with Crippen molar-refractivity contribution in [3.63, 3.8) is 0 Å². The zero-order chi connectivity index (χ0) is 19.2. The van der Waals surface area contributed by atoms with E-state index in [1.54, 1.807) is 11.3 Å². The molecule has 152 valence electrons. The van der Waals surface area contributed by atoms with E-state index in [1.807, 2.05) is 6.92 Å². The van der Waals surface area contributed by atoms with Crippen molar-refractivity contribution in [1.82, 2.24) is 25.4 Å². The van der Waals surface area contributed by atoms with Gasteiger partial charge in [0, 0.05) is 36.1 Å². The number of hydrogen-bond donors (Lipinski definition) is 2. The van der Waals surface area contributed by atoms with Crippen LogP contribution in [0.15, 0.2) is 16.4 Å². The number of thiazole rings is 1. The highest BCUT2D eigenvalue weighted by atomic mass is 127. The number of halogens is 1. The number of aryl methyl sites for hydroxylation is 3. The van der Waals surface area contributed by atoms with Crippen LogP contribution in [0.2, 0.25) is 0 Å². The minimum Gasteiger partial charge on any atom is -0.357 e. The van der Waals surface area contributed by atoms with Crippen LogP contribution < -0.4 is 10.6 Å². The molecule has 6 nitrogen and oxygen atoms in total. The van der Waals surface area contributed by atoms with E-state index in [2.05, 4.69) is 71.5 Å². The molecule has 0 amide bonds. The SMILES string of the molecule is CCNC(=NCc1csc(C(C)(C)C)n1)NCCCn1nc(C)cc1C.I. The largest absolute Gasteiger partial charge is 0.357 e. The molecular formula is C19H33IN6S. The lowest BCUT2D eigenvalue weighted by Gasteiger charge is -2.13. The average molecular weight is 504 g/mol. The van der Waals surface area contributed by atoms with E-state index >= 15 is 0 Å². The van der Waals surface area contributed by atoms with Crippen molar-refractivity contribution in [2.45, 2.75) is 66.5 Å². The number of guanidine groups is 1. The van der Waals surface area contributed by atoms with Gasteiger partial charge in [0.2, 0.25) is 0 Å². The number of nitrogens with zero attached hydrogens (tertiary/aromatic N) is 4. The van der Waals surface area contributed by atoms with Crippen molar-refractivity contribution in [3.05, 3.63) is 33.5 Å². The van der Waals surface area contributed by atoms with E-state index in [0.29, 0.717) is 6.54 Å². The highest BCUT2D eigenvalue weighted by Gasteiger charge is 2.17. The normalized spacial score (nSPS) is 12.0. The Balaban J connectivity index is 0.00000364. The standard InChI is InChI=1S/C19H32N6S.HI/c1-7-20-18(21-9-8-10-25-15(3)11-14(2)24-25)22-12-16-13-26-17(23-16)19(4,5)6;/h11,13H,7-10,12H2,1-6H3,(H2,20,21,22);1H. The van der Waals surface area contributed by atoms with Crippen LogP contribution in [0.25, 0.3) is 0 Å². The Bertz CT molecular complexity index is 729. The quantitative estimate of drug-likeness (QED) is 0.259. The number of hydrogen-bond acceptors (Lipinski definition) is 4. The van der Waals surface area contributed by atoms with Gasteiger partial charge in [-0.15, -0.1) is 35.3 Å². The molecule has 2 N–H and O–H groups in total. The molecule has 0 saturated heterocycles. The molecule has 27 heavy (non-hydrogen) atoms. The van der Waals surface area contributed by atoms with Crippen molar-refractivity contribution < 1.29 is 0 Å². The molecule has 0 radical (unpaired) electrons. The smallest absolute Gasteiger partial charge is 0.191 e. The lowest BCUT2D eigenvalue weighted by Crippen LogP contribution is -2.38. The second kappa shape index (κ2) is 11.0. The van der Waals surface area contributed by atoms with Crippen molar-refractivity contribution in [2.24, 2.45) is 4.99 Å². The van der Waals surface area contributed by atoms with E-state index in [-0.39, 0.29) is 29.4 Å². The molecule has 0 bridgehead atoms. The summed E-state index contributed by atoms with van der Waals surface area (Å²) in [6.45, 7) is 16.0. The van der Waals surface area contributed by atoms with Crippen molar-refractivity contribution in [3.8, 4) is 0 Å². The molecule has 0 aliphatic heterocycles. The van der Waals surface area contributed by atoms with Crippen LogP contribution in [0.5, 0.6) is 0 Å². The summed E-state index contributed by atoms with van der Waals surface area (Å²) in [5.74, 6) is 0.839. The molecule has 8 heteroatoms. The van der Waals surface area contributed by atoms with Gasteiger partial charge in [0.15, 0.2) is 5.96 Å². The number of rotatable bonds is 7. The number of aromatic nitrogens is 3. The lowest BCUT2D eigenvalue weighted by molar-refractivity contribution is 0.555. The summed E-state index contributed by atoms with van der Waals surface area (Å²) in [5, 5.41) is 14.5. The van der Waals surface area contributed by atoms with Gasteiger partial charge in [0.05, 0.1) is 22.9 Å². The third kappa shape index (κ3) is 7.77. The van der Waals surface area contributed by atoms with Crippen LogP contribution in [0, 0.1) is 13.8 Å². The summed E-state index contributed by atoms with van der Waals surface area (Å²) in [5.41, 5.74) is 3.41. The Morgan fingerprint density at radius 3 is 2.56 bits per heavy atom. The van der Waals surface area contributed by atoms with Crippen LogP contribution in [-0.4, -0.2) is 33.8 Å². The minimum atomic E-state index is 0. The molecular weight excluding hydrogens is 471 g/mol. The second-order valence-electron chi connectivity index (χ2n) is 7.52. The first-order chi connectivity index (χ1) is 12.3. The van der Waals surface area contributed by atoms with Crippen LogP contribution >= 0.6 is 35.3 Å². The van der Waals surface area contributed by atoms with Gasteiger partial charge in [-0.05, 0) is 33.3 Å². The van der Waals surface area contributed by atoms with Gasteiger partial charge in [-0.2, -0.15) is 5.10 Å². The predicted octanol–water partition coefficient (Wildman–Crippen LogP) is 4.02. The number of nitrogens with one attached hydrogen (secondary N) is 2. The van der Waals surface area contributed by atoms with Crippen LogP contribution in [-0.2, 0) is 18.5 Å². The van der Waals surface area contributed by atoms with Gasteiger partial charge in [0.25, 0.3) is 0 Å². The summed E-state index contributed by atoms with van der Waals surface area (Å²) in [6, 6.07) is 2.11. The summed E-state index contributed by atoms with van der Waals surface area (Å²) in [7, 11) is 0. The Morgan fingerprint density at radius 1 is 1.26 bits per heavy atom. The monoisotopic (exact) mass is 504 g/mol. The lowest BCUT2D eigenvalue weighted by atomic mass is 9.98. The van der Waals surface area contributed by atoms with E-state index in [4.69, 9.17) is 4.98 Å². The predicted molar refractivity (Wildman–Crippen MR) is 125 cm³/mol. The molecule has 2 aromatic heterocycles. The van der Waals surface area contributed by atoms with Crippen LogP contribution in [0.3, 0.4) is 0 Å². The molecule has 0 atom stereocenters. The van der Waals surface area contributed by atoms with Gasteiger partial charge in [-0.1, -0.05) is 20.8 Å². The first kappa shape index (κ1) is 23.9. The zero-order valence-corrected chi connectivity index (χ0v) is 20.4. The fourth-order valence-electron chi connectivity index (χ4n) is 2.56. The van der Waals surface area contributed by atoms with E-state index < -0.39 is 0 Å². The Labute approximate surface area is 184 Å². The molecule has 2 rings (SSSR count). The fourth-order valence-corrected chi connectivity index (χ4v) is 3.46. The molecule has 0 spiro atoms. The molecule has 0 unspecified atom stereocenters. The van der Waals surface area contributed by atoms with Crippen molar-refractivity contribution in [2.75, 3.05) is 13.1 Å². The van der Waals surface area contributed by atoms with E-state index in [0.717, 1.165) is 48.4 Å². The summed E-state index contributed by atoms with van der Waals surface area (Å²) >= 11 is 1.71. The van der Waals surface area contributed by atoms with Gasteiger partial charge in [-0.25, -0.2) is 9.98 Å². The molecule has 0 aromatic carbocycles. The first-order valence-electron chi connectivity index (χ1n) is 9.27. The molecule has 2 aromatic rings. The number of aliphatic imine (C=N–C) groups is 1. The topological polar surface area (TPSA) is 67.1 Å². The van der Waals surface area contributed by atoms with Crippen molar-refractivity contribution in [1.29, 1.82) is 0 Å². The molecule has 0 aliphatic rings. The van der Waals surface area contributed by atoms with Gasteiger partial charge >= 0.3 is 0 Å². The molecule has 0 saturated carbocycles. The zero-order valence-electron chi connectivity index (χ0n) is 17.3. The highest BCUT2D eigenvalue weighted by molar-refractivity contribution is 14.0. The third-order valence-corrected chi connectivity index (χ3v) is 5.20. The van der Waals surface area contributed by atoms with Gasteiger partial charge in [-0.3, -0.25) is 4.68 Å². The Kier molecular flexibility index (Phi) is 9.72. The summed E-state index contributed by atoms with van der Waals surface area (Å²) < 4.78 is 2.06. The van der Waals surface area contributed by atoms with Crippen LogP contribution in [0.1, 0.15) is 56.2 Å². The second-order valence-corrected chi connectivity index (χ2v) is 8.38. The average Bonchev–Trinajstić information content (AvgIpc) is 3.15. The fraction of sp³-hybridized carbons (Fsp3) is 0.632. The first-order valence-corrected chi connectivity index (χ1v) is 10.2. The summed E-state index contributed by atoms with van der Waals surface area (Å²) in [4.78, 5) is 9.37. The Morgan fingerprint density at radius 2 is 2.00 bits per heavy atom. The van der Waals surface area contributed by atoms with Gasteiger partial charge in [0.1, 0.15) is 0 Å². The maximum atomic E-state index is 4.71. The summed E-state index contributed by atoms with van der Waals surface area (Å²) in [6.07, 6.45) is 0.997. The maximum Gasteiger partial charge on any atom is 0.191 e. The van der Waals surface area contributed by atoms with Crippen LogP contribution in [0.4, 0.5) is 0 Å². The molecule has 0 fully saturated rings. The van der Waals surface area contributed by atoms with Gasteiger partial charge < -0.3 is 10.6 Å². The molecule has 2 heterocycles. The van der Waals surface area contributed by atoms with E-state index in [1.165, 1.54) is 5.69 Å². The Hall–Kier alpha value is -1.16. The maximum absolute atomic E-state index is 4.71. The highest BCUT2D eigenvalue weighted by Crippen LogP contribution is 2.25. The van der Waals surface area contributed by atoms with E-state index in [9.17, 15) is 0 Å². The van der Waals surface area contributed by atoms with Crippen molar-refractivity contribution >= 4 is 41.3 Å². The third-order valence-electron chi connectivity index (χ3n) is 3.88. The molecule has 0 aliphatic carbocycles.